The summed E-state index contributed by atoms with van der Waals surface area (Å²) in [5.74, 6) is 2.83. The highest BCUT2D eigenvalue weighted by Crippen LogP contribution is 2.33. The van der Waals surface area contributed by atoms with Crippen LogP contribution in [0.25, 0.3) is 10.8 Å². The van der Waals surface area contributed by atoms with Crippen LogP contribution in [0.5, 0.6) is 5.75 Å². The molecule has 3 aromatic rings. The summed E-state index contributed by atoms with van der Waals surface area (Å²) in [5, 5.41) is 22.5. The summed E-state index contributed by atoms with van der Waals surface area (Å²) in [4.78, 5) is 0. The molecule has 1 heterocycles. The second kappa shape index (κ2) is 10.1. The zero-order valence-electron chi connectivity index (χ0n) is 17.2. The van der Waals surface area contributed by atoms with E-state index >= 15 is 0 Å². The summed E-state index contributed by atoms with van der Waals surface area (Å²) in [6, 6.07) is 14.2. The lowest BCUT2D eigenvalue weighted by Crippen LogP contribution is -2.20. The van der Waals surface area contributed by atoms with Gasteiger partial charge in [-0.15, -0.1) is 16.8 Å². The lowest BCUT2D eigenvalue weighted by atomic mass is 9.89. The van der Waals surface area contributed by atoms with Crippen LogP contribution in [-0.2, 0) is 6.54 Å². The monoisotopic (exact) mass is 423 g/mol. The Kier molecular flexibility index (Phi) is 7.07. The predicted molar refractivity (Wildman–Crippen MR) is 122 cm³/mol. The molecule has 0 amide bonds. The number of aromatic nitrogens is 3. The normalized spacial score (nSPS) is 15.9. The molecule has 1 aliphatic rings. The molecule has 5 nitrogen and oxygen atoms in total. The van der Waals surface area contributed by atoms with Crippen molar-refractivity contribution in [1.29, 1.82) is 0 Å². The average Bonchev–Trinajstić information content (AvgIpc) is 3.19. The molecule has 1 saturated carbocycles. The molecule has 1 aromatic heterocycles. The van der Waals surface area contributed by atoms with Crippen molar-refractivity contribution in [3.63, 3.8) is 0 Å². The highest BCUT2D eigenvalue weighted by Gasteiger charge is 2.23. The Hall–Kier alpha value is -2.31. The maximum absolute atomic E-state index is 10.4. The molecule has 0 bridgehead atoms. The summed E-state index contributed by atoms with van der Waals surface area (Å²) in [6.45, 7) is 4.83. The molecule has 1 fully saturated rings. The Morgan fingerprint density at radius 2 is 1.93 bits per heavy atom. The predicted octanol–water partition coefficient (Wildman–Crippen LogP) is 5.20. The second-order valence-corrected chi connectivity index (χ2v) is 8.85. The Labute approximate surface area is 182 Å². The zero-order valence-corrected chi connectivity index (χ0v) is 18.1. The van der Waals surface area contributed by atoms with E-state index in [1.807, 2.05) is 36.4 Å². The number of benzene rings is 2. The summed E-state index contributed by atoms with van der Waals surface area (Å²) < 4.78 is 7.98. The van der Waals surface area contributed by atoms with Gasteiger partial charge in [0.15, 0.2) is 5.16 Å². The van der Waals surface area contributed by atoms with Crippen LogP contribution in [0, 0.1) is 0 Å². The molecule has 158 valence electrons. The number of nitrogens with zero attached hydrogens (tertiary/aromatic N) is 3. The van der Waals surface area contributed by atoms with Crippen molar-refractivity contribution >= 4 is 22.5 Å². The van der Waals surface area contributed by atoms with Crippen LogP contribution >= 0.6 is 11.8 Å². The van der Waals surface area contributed by atoms with E-state index in [1.54, 1.807) is 0 Å². The molecular formula is C24H29N3O2S. The maximum atomic E-state index is 10.4. The van der Waals surface area contributed by atoms with Gasteiger partial charge < -0.3 is 14.4 Å². The third-order valence-electron chi connectivity index (χ3n) is 5.60. The summed E-state index contributed by atoms with van der Waals surface area (Å²) >= 11 is 1.53. The summed E-state index contributed by atoms with van der Waals surface area (Å²) in [5.41, 5.74) is 0. The van der Waals surface area contributed by atoms with E-state index < -0.39 is 6.10 Å². The van der Waals surface area contributed by atoms with E-state index in [2.05, 4.69) is 33.5 Å². The van der Waals surface area contributed by atoms with E-state index in [9.17, 15) is 5.11 Å². The van der Waals surface area contributed by atoms with Crippen LogP contribution in [0.2, 0.25) is 0 Å². The number of ether oxygens (including phenoxy) is 1. The van der Waals surface area contributed by atoms with E-state index in [0.29, 0.717) is 18.2 Å². The van der Waals surface area contributed by atoms with E-state index in [-0.39, 0.29) is 6.61 Å². The number of rotatable bonds is 9. The van der Waals surface area contributed by atoms with Gasteiger partial charge >= 0.3 is 0 Å². The molecule has 0 saturated heterocycles. The van der Waals surface area contributed by atoms with Crippen molar-refractivity contribution in [2.75, 3.05) is 12.4 Å². The van der Waals surface area contributed by atoms with E-state index in [1.165, 1.54) is 49.3 Å². The fourth-order valence-electron chi connectivity index (χ4n) is 4.04. The molecule has 1 unspecified atom stereocenters. The highest BCUT2D eigenvalue weighted by atomic mass is 32.2. The third-order valence-corrected chi connectivity index (χ3v) is 6.71. The second-order valence-electron chi connectivity index (χ2n) is 7.86. The molecule has 4 rings (SSSR count). The molecule has 6 heteroatoms. The number of allylic oxidation sites excluding steroid dienone is 1. The maximum Gasteiger partial charge on any atom is 0.191 e. The van der Waals surface area contributed by atoms with Crippen molar-refractivity contribution in [3.8, 4) is 5.75 Å². The topological polar surface area (TPSA) is 60.2 Å². The Balaban J connectivity index is 1.34. The molecule has 30 heavy (non-hydrogen) atoms. The van der Waals surface area contributed by atoms with Crippen LogP contribution in [0.3, 0.4) is 0 Å². The Morgan fingerprint density at radius 1 is 1.13 bits per heavy atom. The zero-order chi connectivity index (χ0) is 20.8. The first-order chi connectivity index (χ1) is 14.7. The smallest absolute Gasteiger partial charge is 0.191 e. The first-order valence-corrected chi connectivity index (χ1v) is 11.7. The number of hydrogen-bond acceptors (Lipinski definition) is 5. The van der Waals surface area contributed by atoms with Crippen molar-refractivity contribution in [3.05, 3.63) is 60.9 Å². The molecule has 1 N–H and O–H groups in total. The van der Waals surface area contributed by atoms with Crippen LogP contribution in [-0.4, -0.2) is 38.3 Å². The SMILES string of the molecule is C=CCn1c(SCC(O)COc2ccc3ccccc3c2)nnc1C1CCCCC1. The van der Waals surface area contributed by atoms with Crippen molar-refractivity contribution in [1.82, 2.24) is 14.8 Å². The molecule has 1 atom stereocenters. The van der Waals surface area contributed by atoms with Crippen LogP contribution in [0.15, 0.2) is 60.3 Å². The molecular weight excluding hydrogens is 394 g/mol. The van der Waals surface area contributed by atoms with Crippen molar-refractivity contribution < 1.29 is 9.84 Å². The minimum atomic E-state index is -0.589. The van der Waals surface area contributed by atoms with Gasteiger partial charge in [-0.1, -0.05) is 67.4 Å². The third kappa shape index (κ3) is 5.05. The molecule has 0 aliphatic heterocycles. The van der Waals surface area contributed by atoms with Gasteiger partial charge in [-0.3, -0.25) is 0 Å². The van der Waals surface area contributed by atoms with Gasteiger partial charge in [-0.25, -0.2) is 0 Å². The minimum Gasteiger partial charge on any atom is -0.491 e. The Morgan fingerprint density at radius 3 is 2.73 bits per heavy atom. The van der Waals surface area contributed by atoms with Crippen molar-refractivity contribution in [2.24, 2.45) is 0 Å². The van der Waals surface area contributed by atoms with Crippen LogP contribution in [0.1, 0.15) is 43.8 Å². The first-order valence-electron chi connectivity index (χ1n) is 10.7. The van der Waals surface area contributed by atoms with Crippen LogP contribution < -0.4 is 4.74 Å². The lowest BCUT2D eigenvalue weighted by Gasteiger charge is -2.21. The number of aliphatic hydroxyl groups is 1. The fourth-order valence-corrected chi connectivity index (χ4v) is 4.90. The van der Waals surface area contributed by atoms with Crippen LogP contribution in [0.4, 0.5) is 0 Å². The summed E-state index contributed by atoms with van der Waals surface area (Å²) in [6.07, 6.45) is 7.51. The van der Waals surface area contributed by atoms with Gasteiger partial charge in [0, 0.05) is 18.2 Å². The number of hydrogen-bond donors (Lipinski definition) is 1. The molecule has 0 spiro atoms. The van der Waals surface area contributed by atoms with Gasteiger partial charge in [-0.05, 0) is 35.7 Å². The molecule has 1 aliphatic carbocycles. The fraction of sp³-hybridized carbons (Fsp3) is 0.417. The minimum absolute atomic E-state index is 0.246. The number of fused-ring (bicyclic) bond motifs is 1. The molecule has 0 radical (unpaired) electrons. The lowest BCUT2D eigenvalue weighted by molar-refractivity contribution is 0.126. The molecule has 2 aromatic carbocycles. The highest BCUT2D eigenvalue weighted by molar-refractivity contribution is 7.99. The largest absolute Gasteiger partial charge is 0.491 e. The van der Waals surface area contributed by atoms with Gasteiger partial charge in [0.25, 0.3) is 0 Å². The first kappa shape index (κ1) is 20.9. The quantitative estimate of drug-likeness (QED) is 0.379. The number of thioether (sulfide) groups is 1. The van der Waals surface area contributed by atoms with Gasteiger partial charge in [0.05, 0.1) is 6.10 Å². The van der Waals surface area contributed by atoms with Gasteiger partial charge in [0.1, 0.15) is 18.2 Å². The van der Waals surface area contributed by atoms with Gasteiger partial charge in [-0.2, -0.15) is 0 Å². The average molecular weight is 424 g/mol. The van der Waals surface area contributed by atoms with Crippen molar-refractivity contribution in [2.45, 2.75) is 55.8 Å². The number of aliphatic hydroxyl groups excluding tert-OH is 1. The Bertz CT molecular complexity index is 981. The summed E-state index contributed by atoms with van der Waals surface area (Å²) in [7, 11) is 0. The standard InChI is InChI=1S/C24H29N3O2S/c1-2-14-27-23(19-9-4-3-5-10-19)25-26-24(27)30-17-21(28)16-29-22-13-12-18-8-6-7-11-20(18)15-22/h2,6-8,11-13,15,19,21,28H,1,3-5,9-10,14,16-17H2. The van der Waals surface area contributed by atoms with E-state index in [4.69, 9.17) is 4.74 Å². The van der Waals surface area contributed by atoms with Gasteiger partial charge in [0.2, 0.25) is 0 Å². The van der Waals surface area contributed by atoms with E-state index in [0.717, 1.165) is 22.1 Å².